The molecule has 1 aromatic carbocycles. The molecule has 0 aliphatic rings. The number of rotatable bonds is 1. The van der Waals surface area contributed by atoms with E-state index in [0.29, 0.717) is 5.56 Å². The smallest absolute Gasteiger partial charge is 0.336 e. The fourth-order valence-electron chi connectivity index (χ4n) is 1.16. The van der Waals surface area contributed by atoms with Crippen molar-refractivity contribution in [2.45, 2.75) is 26.2 Å². The van der Waals surface area contributed by atoms with Crippen LogP contribution in [0.15, 0.2) is 18.2 Å². The van der Waals surface area contributed by atoms with Crippen LogP contribution >= 0.6 is 22.6 Å². The van der Waals surface area contributed by atoms with Crippen molar-refractivity contribution in [3.05, 3.63) is 32.9 Å². The Bertz CT molecular complexity index is 364. The molecule has 0 aliphatic heterocycles. The van der Waals surface area contributed by atoms with Crippen molar-refractivity contribution in [3.63, 3.8) is 0 Å². The molecule has 76 valence electrons. The number of carbonyl (C=O) groups is 1. The number of carboxylic acid groups (broad SMARTS) is 1. The fraction of sp³-hybridized carbons (Fsp3) is 0.364. The van der Waals surface area contributed by atoms with Gasteiger partial charge in [0.1, 0.15) is 0 Å². The van der Waals surface area contributed by atoms with Crippen LogP contribution in [-0.4, -0.2) is 11.1 Å². The van der Waals surface area contributed by atoms with Gasteiger partial charge in [0.05, 0.1) is 5.56 Å². The summed E-state index contributed by atoms with van der Waals surface area (Å²) in [5.74, 6) is -0.861. The van der Waals surface area contributed by atoms with Gasteiger partial charge in [0, 0.05) is 3.57 Å². The molecule has 0 fully saturated rings. The van der Waals surface area contributed by atoms with Gasteiger partial charge in [-0.2, -0.15) is 0 Å². The van der Waals surface area contributed by atoms with Gasteiger partial charge in [-0.25, -0.2) is 4.79 Å². The molecular formula is C11H13IO2. The minimum absolute atomic E-state index is 0.00542. The van der Waals surface area contributed by atoms with Crippen molar-refractivity contribution in [3.8, 4) is 0 Å². The molecule has 3 heteroatoms. The molecule has 1 aromatic rings. The van der Waals surface area contributed by atoms with Gasteiger partial charge in [0.25, 0.3) is 0 Å². The lowest BCUT2D eigenvalue weighted by Crippen LogP contribution is -2.13. The predicted molar refractivity (Wildman–Crippen MR) is 64.8 cm³/mol. The minimum Gasteiger partial charge on any atom is -0.478 e. The van der Waals surface area contributed by atoms with Gasteiger partial charge in [-0.3, -0.25) is 0 Å². The topological polar surface area (TPSA) is 37.3 Å². The van der Waals surface area contributed by atoms with E-state index in [1.165, 1.54) is 0 Å². The third-order valence-corrected chi connectivity index (χ3v) is 3.00. The number of hydrogen-bond donors (Lipinski definition) is 1. The zero-order chi connectivity index (χ0) is 10.9. The molecule has 0 saturated heterocycles. The highest BCUT2D eigenvalue weighted by atomic mass is 127. The van der Waals surface area contributed by atoms with Gasteiger partial charge >= 0.3 is 5.97 Å². The highest BCUT2D eigenvalue weighted by Crippen LogP contribution is 2.25. The lowest BCUT2D eigenvalue weighted by molar-refractivity contribution is 0.0695. The maximum absolute atomic E-state index is 10.9. The highest BCUT2D eigenvalue weighted by molar-refractivity contribution is 14.1. The van der Waals surface area contributed by atoms with Gasteiger partial charge in [-0.1, -0.05) is 26.8 Å². The van der Waals surface area contributed by atoms with Crippen molar-refractivity contribution in [2.75, 3.05) is 0 Å². The average molecular weight is 304 g/mol. The summed E-state index contributed by atoms with van der Waals surface area (Å²) < 4.78 is 0.781. The first kappa shape index (κ1) is 11.5. The first-order chi connectivity index (χ1) is 6.32. The summed E-state index contributed by atoms with van der Waals surface area (Å²) in [5.41, 5.74) is 1.43. The van der Waals surface area contributed by atoms with Crippen LogP contribution in [0.4, 0.5) is 0 Å². The molecule has 0 heterocycles. The SMILES string of the molecule is CC(C)(C)c1ccc(I)c(C(=O)O)c1. The van der Waals surface area contributed by atoms with E-state index in [2.05, 4.69) is 20.8 Å². The van der Waals surface area contributed by atoms with Crippen LogP contribution in [0.2, 0.25) is 0 Å². The van der Waals surface area contributed by atoms with E-state index in [9.17, 15) is 4.79 Å². The van der Waals surface area contributed by atoms with Crippen LogP contribution in [0, 0.1) is 3.57 Å². The lowest BCUT2D eigenvalue weighted by Gasteiger charge is -2.19. The molecule has 0 atom stereocenters. The number of hydrogen-bond acceptors (Lipinski definition) is 1. The summed E-state index contributed by atoms with van der Waals surface area (Å²) in [6.07, 6.45) is 0. The van der Waals surface area contributed by atoms with Crippen LogP contribution in [0.1, 0.15) is 36.7 Å². The molecule has 0 radical (unpaired) electrons. The third kappa shape index (κ3) is 2.47. The molecule has 14 heavy (non-hydrogen) atoms. The van der Waals surface area contributed by atoms with Crippen LogP contribution in [0.5, 0.6) is 0 Å². The zero-order valence-corrected chi connectivity index (χ0v) is 10.6. The summed E-state index contributed by atoms with van der Waals surface area (Å²) in [4.78, 5) is 10.9. The maximum atomic E-state index is 10.9. The van der Waals surface area contributed by atoms with Gasteiger partial charge in [-0.05, 0) is 45.7 Å². The number of benzene rings is 1. The van der Waals surface area contributed by atoms with E-state index >= 15 is 0 Å². The van der Waals surface area contributed by atoms with E-state index in [1.807, 2.05) is 34.7 Å². The highest BCUT2D eigenvalue weighted by Gasteiger charge is 2.17. The van der Waals surface area contributed by atoms with Crippen LogP contribution < -0.4 is 0 Å². The van der Waals surface area contributed by atoms with Crippen LogP contribution in [-0.2, 0) is 5.41 Å². The summed E-state index contributed by atoms with van der Waals surface area (Å²) in [7, 11) is 0. The van der Waals surface area contributed by atoms with Gasteiger partial charge in [-0.15, -0.1) is 0 Å². The first-order valence-electron chi connectivity index (χ1n) is 4.35. The minimum atomic E-state index is -0.861. The van der Waals surface area contributed by atoms with Crippen LogP contribution in [0.25, 0.3) is 0 Å². The van der Waals surface area contributed by atoms with E-state index in [1.54, 1.807) is 6.07 Å². The van der Waals surface area contributed by atoms with E-state index in [0.717, 1.165) is 9.13 Å². The lowest BCUT2D eigenvalue weighted by atomic mass is 9.86. The van der Waals surface area contributed by atoms with Crippen LogP contribution in [0.3, 0.4) is 0 Å². The average Bonchev–Trinajstić information content (AvgIpc) is 2.02. The van der Waals surface area contributed by atoms with Crippen molar-refractivity contribution in [2.24, 2.45) is 0 Å². The molecule has 0 bridgehead atoms. The predicted octanol–water partition coefficient (Wildman–Crippen LogP) is 3.29. The van der Waals surface area contributed by atoms with Crippen molar-refractivity contribution in [1.82, 2.24) is 0 Å². The molecule has 0 amide bonds. The second-order valence-corrected chi connectivity index (χ2v) is 5.41. The van der Waals surface area contributed by atoms with E-state index in [-0.39, 0.29) is 5.41 Å². The standard InChI is InChI=1S/C11H13IO2/c1-11(2,3)7-4-5-9(12)8(6-7)10(13)14/h4-6H,1-3H3,(H,13,14). The Labute approximate surface area is 97.5 Å². The summed E-state index contributed by atoms with van der Waals surface area (Å²) in [6, 6.07) is 5.59. The molecule has 0 saturated carbocycles. The molecule has 0 aromatic heterocycles. The zero-order valence-electron chi connectivity index (χ0n) is 8.47. The van der Waals surface area contributed by atoms with Crippen molar-refractivity contribution >= 4 is 28.6 Å². The van der Waals surface area contributed by atoms with Gasteiger partial charge in [0.15, 0.2) is 0 Å². The molecule has 0 spiro atoms. The molecule has 0 aliphatic carbocycles. The summed E-state index contributed by atoms with van der Waals surface area (Å²) >= 11 is 2.04. The Morgan fingerprint density at radius 1 is 1.36 bits per heavy atom. The number of halogens is 1. The maximum Gasteiger partial charge on any atom is 0.336 e. The van der Waals surface area contributed by atoms with Crippen molar-refractivity contribution in [1.29, 1.82) is 0 Å². The Hall–Kier alpha value is -0.580. The third-order valence-electron chi connectivity index (χ3n) is 2.06. The van der Waals surface area contributed by atoms with Gasteiger partial charge < -0.3 is 5.11 Å². The Kier molecular flexibility index (Phi) is 3.19. The normalized spacial score (nSPS) is 11.4. The Balaban J connectivity index is 3.27. The molecule has 0 unspecified atom stereocenters. The molecular weight excluding hydrogens is 291 g/mol. The van der Waals surface area contributed by atoms with Gasteiger partial charge in [0.2, 0.25) is 0 Å². The molecule has 2 nitrogen and oxygen atoms in total. The number of carboxylic acids is 1. The first-order valence-corrected chi connectivity index (χ1v) is 5.43. The Morgan fingerprint density at radius 2 is 1.93 bits per heavy atom. The van der Waals surface area contributed by atoms with E-state index in [4.69, 9.17) is 5.11 Å². The quantitative estimate of drug-likeness (QED) is 0.808. The number of aromatic carboxylic acids is 1. The van der Waals surface area contributed by atoms with Crippen molar-refractivity contribution < 1.29 is 9.90 Å². The Morgan fingerprint density at radius 3 is 2.36 bits per heavy atom. The summed E-state index contributed by atoms with van der Waals surface area (Å²) in [5, 5.41) is 8.95. The summed E-state index contributed by atoms with van der Waals surface area (Å²) in [6.45, 7) is 6.21. The second kappa shape index (κ2) is 3.88. The molecule has 1 N–H and O–H groups in total. The molecule has 1 rings (SSSR count). The van der Waals surface area contributed by atoms with E-state index < -0.39 is 5.97 Å². The second-order valence-electron chi connectivity index (χ2n) is 4.25. The monoisotopic (exact) mass is 304 g/mol. The largest absolute Gasteiger partial charge is 0.478 e. The fourth-order valence-corrected chi connectivity index (χ4v) is 1.72.